The van der Waals surface area contributed by atoms with Gasteiger partial charge in [0, 0.05) is 21.0 Å². The van der Waals surface area contributed by atoms with Crippen molar-refractivity contribution < 1.29 is 14.3 Å². The normalized spacial score (nSPS) is 10.5. The quantitative estimate of drug-likeness (QED) is 0.665. The lowest BCUT2D eigenvalue weighted by Gasteiger charge is -2.08. The fourth-order valence-corrected chi connectivity index (χ4v) is 3.52. The minimum Gasteiger partial charge on any atom is -0.493 e. The number of hydrogen-bond donors (Lipinski definition) is 1. The van der Waals surface area contributed by atoms with Crippen LogP contribution in [0.15, 0.2) is 42.5 Å². The van der Waals surface area contributed by atoms with Gasteiger partial charge in [0.1, 0.15) is 0 Å². The van der Waals surface area contributed by atoms with Gasteiger partial charge in [0.2, 0.25) is 0 Å². The van der Waals surface area contributed by atoms with Gasteiger partial charge in [0.25, 0.3) is 5.91 Å². The molecule has 0 saturated heterocycles. The molecule has 26 heavy (non-hydrogen) atoms. The van der Waals surface area contributed by atoms with Gasteiger partial charge in [-0.25, -0.2) is 4.98 Å². The topological polar surface area (TPSA) is 60.5 Å². The molecule has 0 bridgehead atoms. The number of methoxy groups -OCH3 is 2. The van der Waals surface area contributed by atoms with E-state index in [4.69, 9.17) is 21.1 Å². The molecule has 0 aliphatic carbocycles. The number of ether oxygens (including phenoxy) is 2. The summed E-state index contributed by atoms with van der Waals surface area (Å²) in [6, 6.07) is 12.4. The van der Waals surface area contributed by atoms with Crippen molar-refractivity contribution in [3.05, 3.63) is 57.9 Å². The van der Waals surface area contributed by atoms with E-state index in [1.807, 2.05) is 25.1 Å². The summed E-state index contributed by atoms with van der Waals surface area (Å²) < 4.78 is 10.6. The van der Waals surface area contributed by atoms with Crippen LogP contribution in [0.3, 0.4) is 0 Å². The summed E-state index contributed by atoms with van der Waals surface area (Å²) in [4.78, 5) is 17.9. The van der Waals surface area contributed by atoms with Crippen LogP contribution >= 0.6 is 22.9 Å². The van der Waals surface area contributed by atoms with Crippen molar-refractivity contribution >= 4 is 34.0 Å². The molecule has 0 fully saturated rings. The van der Waals surface area contributed by atoms with Crippen molar-refractivity contribution in [2.75, 3.05) is 19.5 Å². The van der Waals surface area contributed by atoms with E-state index in [1.165, 1.54) is 11.3 Å². The molecule has 0 aliphatic rings. The van der Waals surface area contributed by atoms with E-state index in [0.717, 1.165) is 16.1 Å². The average molecular weight is 389 g/mol. The third-order valence-electron chi connectivity index (χ3n) is 3.76. The van der Waals surface area contributed by atoms with E-state index >= 15 is 0 Å². The number of nitrogens with zero attached hydrogens (tertiary/aromatic N) is 1. The Morgan fingerprint density at radius 2 is 1.88 bits per heavy atom. The zero-order valence-electron chi connectivity index (χ0n) is 14.5. The van der Waals surface area contributed by atoms with Gasteiger partial charge >= 0.3 is 0 Å². The van der Waals surface area contributed by atoms with Crippen molar-refractivity contribution in [2.24, 2.45) is 0 Å². The number of rotatable bonds is 5. The first-order valence-corrected chi connectivity index (χ1v) is 8.98. The van der Waals surface area contributed by atoms with Crippen LogP contribution in [0.25, 0.3) is 11.3 Å². The van der Waals surface area contributed by atoms with Crippen LogP contribution in [-0.4, -0.2) is 25.1 Å². The van der Waals surface area contributed by atoms with E-state index in [0.29, 0.717) is 27.2 Å². The molecule has 1 aromatic heterocycles. The summed E-state index contributed by atoms with van der Waals surface area (Å²) >= 11 is 7.35. The van der Waals surface area contributed by atoms with Crippen LogP contribution in [0.1, 0.15) is 15.2 Å². The second-order valence-electron chi connectivity index (χ2n) is 5.46. The number of benzene rings is 2. The maximum absolute atomic E-state index is 12.4. The largest absolute Gasteiger partial charge is 0.493 e. The molecular weight excluding hydrogens is 372 g/mol. The van der Waals surface area contributed by atoms with Crippen molar-refractivity contribution in [2.45, 2.75) is 6.92 Å². The number of aromatic nitrogens is 1. The minimum atomic E-state index is -0.250. The van der Waals surface area contributed by atoms with Crippen LogP contribution < -0.4 is 14.8 Å². The lowest BCUT2D eigenvalue weighted by atomic mass is 10.1. The first-order chi connectivity index (χ1) is 12.5. The standard InChI is InChI=1S/C19H17ClN2O3S/c1-11-17(12-7-8-15(24-2)16(10-12)25-3)21-19(26-11)22-18(23)13-5-4-6-14(20)9-13/h4-10H,1-3H3,(H,21,22,23). The van der Waals surface area contributed by atoms with Gasteiger partial charge in [-0.1, -0.05) is 17.7 Å². The first-order valence-electron chi connectivity index (χ1n) is 7.78. The molecule has 0 aliphatic heterocycles. The summed E-state index contributed by atoms with van der Waals surface area (Å²) in [6.07, 6.45) is 0. The van der Waals surface area contributed by atoms with Crippen LogP contribution in [0.5, 0.6) is 11.5 Å². The fourth-order valence-electron chi connectivity index (χ4n) is 2.50. The second-order valence-corrected chi connectivity index (χ2v) is 7.10. The number of halogens is 1. The number of amides is 1. The summed E-state index contributed by atoms with van der Waals surface area (Å²) in [7, 11) is 3.18. The molecule has 0 atom stereocenters. The highest BCUT2D eigenvalue weighted by molar-refractivity contribution is 7.16. The van der Waals surface area contributed by atoms with Crippen LogP contribution in [0, 0.1) is 6.92 Å². The molecule has 134 valence electrons. The number of thiazole rings is 1. The summed E-state index contributed by atoms with van der Waals surface area (Å²) in [5, 5.41) is 3.86. The average Bonchev–Trinajstić information content (AvgIpc) is 3.01. The van der Waals surface area contributed by atoms with E-state index in [2.05, 4.69) is 10.3 Å². The molecule has 0 saturated carbocycles. The molecule has 0 radical (unpaired) electrons. The number of hydrogen-bond acceptors (Lipinski definition) is 5. The van der Waals surface area contributed by atoms with Gasteiger partial charge in [0.15, 0.2) is 16.6 Å². The van der Waals surface area contributed by atoms with E-state index in [1.54, 1.807) is 38.5 Å². The van der Waals surface area contributed by atoms with Gasteiger partial charge in [-0.05, 0) is 43.3 Å². The van der Waals surface area contributed by atoms with Crippen molar-refractivity contribution in [1.29, 1.82) is 0 Å². The number of nitrogens with one attached hydrogen (secondary N) is 1. The van der Waals surface area contributed by atoms with E-state index in [9.17, 15) is 4.79 Å². The molecule has 2 aromatic carbocycles. The predicted octanol–water partition coefficient (Wildman–Crippen LogP) is 5.04. The molecule has 0 spiro atoms. The Morgan fingerprint density at radius 3 is 2.58 bits per heavy atom. The minimum absolute atomic E-state index is 0.250. The number of carbonyl (C=O) groups excluding carboxylic acids is 1. The van der Waals surface area contributed by atoms with Gasteiger partial charge < -0.3 is 9.47 Å². The highest BCUT2D eigenvalue weighted by Gasteiger charge is 2.15. The third kappa shape index (κ3) is 3.81. The maximum atomic E-state index is 12.4. The molecule has 1 amide bonds. The molecular formula is C19H17ClN2O3S. The Morgan fingerprint density at radius 1 is 1.12 bits per heavy atom. The number of carbonyl (C=O) groups is 1. The Balaban J connectivity index is 1.86. The van der Waals surface area contributed by atoms with Crippen molar-refractivity contribution in [3.8, 4) is 22.8 Å². The SMILES string of the molecule is COc1ccc(-c2nc(NC(=O)c3cccc(Cl)c3)sc2C)cc1OC. The van der Waals surface area contributed by atoms with Gasteiger partial charge in [-0.15, -0.1) is 11.3 Å². The Hall–Kier alpha value is -2.57. The molecule has 1 N–H and O–H groups in total. The molecule has 3 aromatic rings. The molecule has 7 heteroatoms. The van der Waals surface area contributed by atoms with Crippen LogP contribution in [0.4, 0.5) is 5.13 Å². The smallest absolute Gasteiger partial charge is 0.257 e. The first kappa shape index (κ1) is 18.2. The molecule has 1 heterocycles. The van der Waals surface area contributed by atoms with Gasteiger partial charge in [-0.3, -0.25) is 10.1 Å². The third-order valence-corrected chi connectivity index (χ3v) is 4.88. The van der Waals surface area contributed by atoms with Gasteiger partial charge in [0.05, 0.1) is 19.9 Å². The highest BCUT2D eigenvalue weighted by Crippen LogP contribution is 2.36. The van der Waals surface area contributed by atoms with Crippen LogP contribution in [-0.2, 0) is 0 Å². The zero-order chi connectivity index (χ0) is 18.7. The highest BCUT2D eigenvalue weighted by atomic mass is 35.5. The molecule has 0 unspecified atom stereocenters. The summed E-state index contributed by atoms with van der Waals surface area (Å²) in [5.74, 6) is 1.03. The van der Waals surface area contributed by atoms with Crippen LogP contribution in [0.2, 0.25) is 5.02 Å². The lowest BCUT2D eigenvalue weighted by Crippen LogP contribution is -2.11. The number of aryl methyl sites for hydroxylation is 1. The lowest BCUT2D eigenvalue weighted by molar-refractivity contribution is 0.102. The van der Waals surface area contributed by atoms with Crippen molar-refractivity contribution in [3.63, 3.8) is 0 Å². The summed E-state index contributed by atoms with van der Waals surface area (Å²) in [6.45, 7) is 1.96. The maximum Gasteiger partial charge on any atom is 0.257 e. The van der Waals surface area contributed by atoms with E-state index in [-0.39, 0.29) is 5.91 Å². The Bertz CT molecular complexity index is 956. The summed E-state index contributed by atoms with van der Waals surface area (Å²) in [5.41, 5.74) is 2.16. The predicted molar refractivity (Wildman–Crippen MR) is 105 cm³/mol. The molecule has 5 nitrogen and oxygen atoms in total. The number of anilines is 1. The zero-order valence-corrected chi connectivity index (χ0v) is 16.1. The fraction of sp³-hybridized carbons (Fsp3) is 0.158. The second kappa shape index (κ2) is 7.76. The molecule has 3 rings (SSSR count). The Kier molecular flexibility index (Phi) is 5.44. The van der Waals surface area contributed by atoms with E-state index < -0.39 is 0 Å². The Labute approximate surface area is 160 Å². The monoisotopic (exact) mass is 388 g/mol. The van der Waals surface area contributed by atoms with Crippen molar-refractivity contribution in [1.82, 2.24) is 4.98 Å². The van der Waals surface area contributed by atoms with Gasteiger partial charge in [-0.2, -0.15) is 0 Å².